The predicted octanol–water partition coefficient (Wildman–Crippen LogP) is 6.46. The monoisotopic (exact) mass is 531 g/mol. The van der Waals surface area contributed by atoms with Crippen LogP contribution < -0.4 is 9.47 Å². The summed E-state index contributed by atoms with van der Waals surface area (Å²) in [5.74, 6) is 1.83. The topological polar surface area (TPSA) is 65.8 Å². The van der Waals surface area contributed by atoms with Gasteiger partial charge >= 0.3 is 0 Å². The Kier molecular flexibility index (Phi) is 7.96. The number of halogens is 1. The quantitative estimate of drug-likeness (QED) is 0.248. The Balaban J connectivity index is 1.53. The van der Waals surface area contributed by atoms with Gasteiger partial charge in [-0.1, -0.05) is 29.8 Å². The zero-order valence-corrected chi connectivity index (χ0v) is 22.2. The Morgan fingerprint density at radius 1 is 1.05 bits per heavy atom. The highest BCUT2D eigenvalue weighted by Crippen LogP contribution is 2.33. The van der Waals surface area contributed by atoms with Crippen molar-refractivity contribution >= 4 is 17.5 Å². The van der Waals surface area contributed by atoms with Crippen molar-refractivity contribution < 1.29 is 19.0 Å². The lowest BCUT2D eigenvalue weighted by Crippen LogP contribution is -2.37. The number of hydrogen-bond acceptors (Lipinski definition) is 5. The molecule has 196 valence electrons. The summed E-state index contributed by atoms with van der Waals surface area (Å²) in [5, 5.41) is 5.41. The van der Waals surface area contributed by atoms with Gasteiger partial charge in [0.2, 0.25) is 5.88 Å². The standard InChI is InChI=1S/C30H30ClN3O4/c1-21-28(20-33(19-27-9-6-18-37-27)29(35)22-10-12-23(31)13-11-22)30(34(32-21)24-7-4-3-5-8-24)38-26-16-14-25(36-2)15-17-26/h3-5,7-8,10-17,27H,6,9,18-20H2,1-2H3. The molecule has 1 amide bonds. The van der Waals surface area contributed by atoms with E-state index in [1.54, 1.807) is 36.1 Å². The van der Waals surface area contributed by atoms with Crippen molar-refractivity contribution in [3.05, 3.63) is 101 Å². The van der Waals surface area contributed by atoms with Gasteiger partial charge in [-0.15, -0.1) is 0 Å². The summed E-state index contributed by atoms with van der Waals surface area (Å²) >= 11 is 6.08. The second kappa shape index (κ2) is 11.7. The molecule has 0 bridgehead atoms. The predicted molar refractivity (Wildman–Crippen MR) is 147 cm³/mol. The first-order valence-electron chi connectivity index (χ1n) is 12.6. The van der Waals surface area contributed by atoms with Crippen LogP contribution in [-0.4, -0.2) is 47.0 Å². The van der Waals surface area contributed by atoms with Crippen molar-refractivity contribution in [1.29, 1.82) is 0 Å². The molecule has 8 heteroatoms. The molecule has 0 saturated carbocycles. The van der Waals surface area contributed by atoms with Crippen molar-refractivity contribution in [2.24, 2.45) is 0 Å². The number of aromatic nitrogens is 2. The maximum absolute atomic E-state index is 13.7. The van der Waals surface area contributed by atoms with Gasteiger partial charge in [0.15, 0.2) is 0 Å². The minimum atomic E-state index is -0.0978. The zero-order chi connectivity index (χ0) is 26.5. The number of carbonyl (C=O) groups is 1. The van der Waals surface area contributed by atoms with Gasteiger partial charge in [0.1, 0.15) is 11.5 Å². The normalized spacial score (nSPS) is 14.9. The minimum Gasteiger partial charge on any atom is -0.497 e. The summed E-state index contributed by atoms with van der Waals surface area (Å²) in [6.07, 6.45) is 1.90. The molecule has 1 aliphatic rings. The van der Waals surface area contributed by atoms with E-state index in [0.29, 0.717) is 41.9 Å². The van der Waals surface area contributed by atoms with Crippen molar-refractivity contribution in [1.82, 2.24) is 14.7 Å². The third-order valence-corrected chi connectivity index (χ3v) is 6.84. The molecule has 0 aliphatic carbocycles. The Labute approximate surface area is 227 Å². The summed E-state index contributed by atoms with van der Waals surface area (Å²) in [6.45, 7) is 3.43. The van der Waals surface area contributed by atoms with Gasteiger partial charge in [0.05, 0.1) is 36.7 Å². The molecule has 1 saturated heterocycles. The molecular formula is C30H30ClN3O4. The average molecular weight is 532 g/mol. The lowest BCUT2D eigenvalue weighted by molar-refractivity contribution is 0.0505. The fourth-order valence-electron chi connectivity index (χ4n) is 4.54. The van der Waals surface area contributed by atoms with Crippen LogP contribution in [-0.2, 0) is 11.3 Å². The minimum absolute atomic E-state index is 0.0123. The van der Waals surface area contributed by atoms with Crippen LogP contribution in [0.25, 0.3) is 5.69 Å². The fourth-order valence-corrected chi connectivity index (χ4v) is 4.67. The summed E-state index contributed by atoms with van der Waals surface area (Å²) in [4.78, 5) is 15.5. The first-order valence-corrected chi connectivity index (χ1v) is 13.0. The Bertz CT molecular complexity index is 1370. The van der Waals surface area contributed by atoms with Gasteiger partial charge in [-0.05, 0) is 80.4 Å². The van der Waals surface area contributed by atoms with Crippen molar-refractivity contribution in [2.45, 2.75) is 32.4 Å². The highest BCUT2D eigenvalue weighted by molar-refractivity contribution is 6.30. The molecule has 5 rings (SSSR count). The first kappa shape index (κ1) is 25.8. The van der Waals surface area contributed by atoms with Crippen LogP contribution in [0.4, 0.5) is 0 Å². The molecule has 1 fully saturated rings. The van der Waals surface area contributed by atoms with Crippen LogP contribution in [0.1, 0.15) is 34.5 Å². The molecule has 4 aromatic rings. The first-order chi connectivity index (χ1) is 18.5. The van der Waals surface area contributed by atoms with Crippen molar-refractivity contribution in [3.63, 3.8) is 0 Å². The molecular weight excluding hydrogens is 502 g/mol. The van der Waals surface area contributed by atoms with Crippen molar-refractivity contribution in [3.8, 4) is 23.1 Å². The average Bonchev–Trinajstić information content (AvgIpc) is 3.57. The van der Waals surface area contributed by atoms with Gasteiger partial charge in [-0.3, -0.25) is 4.79 Å². The maximum atomic E-state index is 13.7. The molecule has 0 spiro atoms. The van der Waals surface area contributed by atoms with Crippen LogP contribution in [0.3, 0.4) is 0 Å². The van der Waals surface area contributed by atoms with E-state index in [1.165, 1.54) is 0 Å². The summed E-state index contributed by atoms with van der Waals surface area (Å²) in [7, 11) is 1.63. The SMILES string of the molecule is COc1ccc(Oc2c(CN(CC3CCCO3)C(=O)c3ccc(Cl)cc3)c(C)nn2-c2ccccc2)cc1. The number of carbonyl (C=O) groups excluding carboxylic acids is 1. The number of benzene rings is 3. The number of para-hydroxylation sites is 1. The van der Waals surface area contributed by atoms with E-state index in [1.807, 2.05) is 66.4 Å². The van der Waals surface area contributed by atoms with Gasteiger partial charge in [0.25, 0.3) is 5.91 Å². The summed E-state index contributed by atoms with van der Waals surface area (Å²) in [5.41, 5.74) is 3.03. The Morgan fingerprint density at radius 2 is 1.76 bits per heavy atom. The number of nitrogens with zero attached hydrogens (tertiary/aromatic N) is 3. The number of rotatable bonds is 9. The lowest BCUT2D eigenvalue weighted by atomic mass is 10.1. The molecule has 0 N–H and O–H groups in total. The molecule has 2 heterocycles. The number of methoxy groups -OCH3 is 1. The largest absolute Gasteiger partial charge is 0.497 e. The maximum Gasteiger partial charge on any atom is 0.254 e. The zero-order valence-electron chi connectivity index (χ0n) is 21.5. The molecule has 1 atom stereocenters. The summed E-state index contributed by atoms with van der Waals surface area (Å²) < 4.78 is 19.4. The van der Waals surface area contributed by atoms with Crippen LogP contribution in [0.15, 0.2) is 78.9 Å². The molecule has 3 aromatic carbocycles. The number of hydrogen-bond donors (Lipinski definition) is 0. The lowest BCUT2D eigenvalue weighted by Gasteiger charge is -2.26. The number of aryl methyl sites for hydroxylation is 1. The molecule has 1 aliphatic heterocycles. The molecule has 1 aromatic heterocycles. The van der Waals surface area contributed by atoms with Gasteiger partial charge < -0.3 is 19.1 Å². The van der Waals surface area contributed by atoms with E-state index in [9.17, 15) is 4.79 Å². The number of ether oxygens (including phenoxy) is 3. The third-order valence-electron chi connectivity index (χ3n) is 6.59. The van der Waals surface area contributed by atoms with E-state index in [2.05, 4.69) is 0 Å². The van der Waals surface area contributed by atoms with Crippen molar-refractivity contribution in [2.75, 3.05) is 20.3 Å². The molecule has 1 unspecified atom stereocenters. The third kappa shape index (κ3) is 5.85. The van der Waals surface area contributed by atoms with E-state index >= 15 is 0 Å². The van der Waals surface area contributed by atoms with E-state index in [4.69, 9.17) is 30.9 Å². The Hall–Kier alpha value is -3.81. The highest BCUT2D eigenvalue weighted by atomic mass is 35.5. The molecule has 7 nitrogen and oxygen atoms in total. The van der Waals surface area contributed by atoms with Crippen LogP contribution in [0, 0.1) is 6.92 Å². The van der Waals surface area contributed by atoms with E-state index in [0.717, 1.165) is 35.5 Å². The smallest absolute Gasteiger partial charge is 0.254 e. The van der Waals surface area contributed by atoms with E-state index < -0.39 is 0 Å². The highest BCUT2D eigenvalue weighted by Gasteiger charge is 2.28. The molecule has 0 radical (unpaired) electrons. The van der Waals surface area contributed by atoms with Crippen LogP contribution >= 0.6 is 11.6 Å². The van der Waals surface area contributed by atoms with Gasteiger partial charge in [0, 0.05) is 23.7 Å². The van der Waals surface area contributed by atoms with Crippen LogP contribution in [0.2, 0.25) is 5.02 Å². The van der Waals surface area contributed by atoms with Gasteiger partial charge in [-0.2, -0.15) is 5.10 Å². The van der Waals surface area contributed by atoms with Gasteiger partial charge in [-0.25, -0.2) is 4.68 Å². The second-order valence-electron chi connectivity index (χ2n) is 9.22. The molecule has 38 heavy (non-hydrogen) atoms. The summed E-state index contributed by atoms with van der Waals surface area (Å²) in [6, 6.07) is 24.2. The van der Waals surface area contributed by atoms with E-state index in [-0.39, 0.29) is 12.0 Å². The van der Waals surface area contributed by atoms with Crippen LogP contribution in [0.5, 0.6) is 17.4 Å². The second-order valence-corrected chi connectivity index (χ2v) is 9.66. The Morgan fingerprint density at radius 3 is 2.42 bits per heavy atom. The fraction of sp³-hybridized carbons (Fsp3) is 0.267. The number of amides is 1.